The molecule has 1 aromatic carbocycles. The van der Waals surface area contributed by atoms with Crippen LogP contribution >= 0.6 is 0 Å². The molecule has 2 N–H and O–H groups in total. The van der Waals surface area contributed by atoms with Crippen LogP contribution in [0.3, 0.4) is 0 Å². The van der Waals surface area contributed by atoms with Gasteiger partial charge in [-0.1, -0.05) is 17.7 Å². The van der Waals surface area contributed by atoms with E-state index in [4.69, 9.17) is 0 Å². The van der Waals surface area contributed by atoms with E-state index in [9.17, 15) is 9.59 Å². The summed E-state index contributed by atoms with van der Waals surface area (Å²) in [5.74, 6) is -0.718. The lowest BCUT2D eigenvalue weighted by Gasteiger charge is -2.04. The van der Waals surface area contributed by atoms with Crippen LogP contribution in [0.25, 0.3) is 0 Å². The number of allylic oxidation sites excluding steroid dienone is 1. The lowest BCUT2D eigenvalue weighted by Crippen LogP contribution is -2.22. The van der Waals surface area contributed by atoms with Gasteiger partial charge in [0, 0.05) is 0 Å². The number of hydrogen-bond acceptors (Lipinski definition) is 2. The molecule has 1 aliphatic rings. The van der Waals surface area contributed by atoms with Crippen molar-refractivity contribution in [2.45, 2.75) is 13.8 Å². The molecule has 2 rings (SSSR count). The first kappa shape index (κ1) is 10.4. The van der Waals surface area contributed by atoms with E-state index in [0.717, 1.165) is 0 Å². The second-order valence-corrected chi connectivity index (χ2v) is 3.83. The molecular weight excluding hydrogens is 204 g/mol. The quantitative estimate of drug-likeness (QED) is 0.514. The molecule has 0 saturated heterocycles. The van der Waals surface area contributed by atoms with Gasteiger partial charge in [0.05, 0.1) is 11.4 Å². The monoisotopic (exact) mass is 216 g/mol. The fraction of sp³-hybridized carbons (Fsp3) is 0.167. The number of fused-ring (bicyclic) bond motifs is 1. The van der Waals surface area contributed by atoms with Gasteiger partial charge in [-0.2, -0.15) is 0 Å². The SMILES string of the molecule is CC(C)=C1C(=O)Nc2ccccc2NC1=O. The number of benzene rings is 1. The molecule has 82 valence electrons. The van der Waals surface area contributed by atoms with Gasteiger partial charge in [0.25, 0.3) is 11.8 Å². The van der Waals surface area contributed by atoms with E-state index >= 15 is 0 Å². The topological polar surface area (TPSA) is 58.2 Å². The Morgan fingerprint density at radius 1 is 0.938 bits per heavy atom. The fourth-order valence-corrected chi connectivity index (χ4v) is 1.63. The molecular formula is C12H12N2O2. The number of nitrogens with one attached hydrogen (secondary N) is 2. The maximum absolute atomic E-state index is 11.8. The largest absolute Gasteiger partial charge is 0.320 e. The third kappa shape index (κ3) is 1.69. The number of para-hydroxylation sites is 2. The first-order chi connectivity index (χ1) is 7.59. The average molecular weight is 216 g/mol. The molecule has 0 unspecified atom stereocenters. The Hall–Kier alpha value is -2.10. The third-order valence-electron chi connectivity index (χ3n) is 2.38. The molecule has 1 heterocycles. The Kier molecular flexibility index (Phi) is 2.48. The minimum atomic E-state index is -0.359. The van der Waals surface area contributed by atoms with Crippen LogP contribution in [0.1, 0.15) is 13.8 Å². The third-order valence-corrected chi connectivity index (χ3v) is 2.38. The molecule has 2 amide bonds. The van der Waals surface area contributed by atoms with Gasteiger partial charge < -0.3 is 10.6 Å². The van der Waals surface area contributed by atoms with Gasteiger partial charge in [0.2, 0.25) is 0 Å². The number of hydrogen-bond donors (Lipinski definition) is 2. The summed E-state index contributed by atoms with van der Waals surface area (Å²) in [6.45, 7) is 3.48. The van der Waals surface area contributed by atoms with E-state index < -0.39 is 0 Å². The van der Waals surface area contributed by atoms with Crippen molar-refractivity contribution in [2.24, 2.45) is 0 Å². The zero-order chi connectivity index (χ0) is 11.7. The molecule has 1 aliphatic heterocycles. The summed E-state index contributed by atoms with van der Waals surface area (Å²) >= 11 is 0. The van der Waals surface area contributed by atoms with Crippen molar-refractivity contribution < 1.29 is 9.59 Å². The molecule has 4 heteroatoms. The maximum Gasteiger partial charge on any atom is 0.261 e. The average Bonchev–Trinajstić information content (AvgIpc) is 2.32. The van der Waals surface area contributed by atoms with Crippen molar-refractivity contribution in [3.63, 3.8) is 0 Å². The molecule has 0 saturated carbocycles. The molecule has 0 aliphatic carbocycles. The van der Waals surface area contributed by atoms with Crippen molar-refractivity contribution in [2.75, 3.05) is 10.6 Å². The minimum Gasteiger partial charge on any atom is -0.320 e. The van der Waals surface area contributed by atoms with Gasteiger partial charge in [0.1, 0.15) is 5.57 Å². The van der Waals surface area contributed by atoms with Gasteiger partial charge in [0.15, 0.2) is 0 Å². The van der Waals surface area contributed by atoms with Crippen LogP contribution in [0.15, 0.2) is 35.4 Å². The summed E-state index contributed by atoms with van der Waals surface area (Å²) in [5, 5.41) is 5.41. The lowest BCUT2D eigenvalue weighted by molar-refractivity contribution is -0.118. The van der Waals surface area contributed by atoms with Crippen LogP contribution in [0.4, 0.5) is 11.4 Å². The Morgan fingerprint density at radius 2 is 1.38 bits per heavy atom. The second kappa shape index (κ2) is 3.81. The van der Waals surface area contributed by atoms with E-state index in [1.807, 2.05) is 0 Å². The minimum absolute atomic E-state index is 0.177. The normalized spacial score (nSPS) is 14.8. The van der Waals surface area contributed by atoms with Crippen molar-refractivity contribution in [3.05, 3.63) is 35.4 Å². The molecule has 0 fully saturated rings. The summed E-state index contributed by atoms with van der Waals surface area (Å²) < 4.78 is 0. The molecule has 4 nitrogen and oxygen atoms in total. The summed E-state index contributed by atoms with van der Waals surface area (Å²) in [5.41, 5.74) is 2.12. The highest BCUT2D eigenvalue weighted by atomic mass is 16.2. The highest BCUT2D eigenvalue weighted by molar-refractivity contribution is 6.29. The van der Waals surface area contributed by atoms with Crippen LogP contribution in [-0.4, -0.2) is 11.8 Å². The first-order valence-corrected chi connectivity index (χ1v) is 4.99. The Morgan fingerprint density at radius 3 is 1.75 bits per heavy atom. The summed E-state index contributed by atoms with van der Waals surface area (Å²) in [4.78, 5) is 23.6. The second-order valence-electron chi connectivity index (χ2n) is 3.83. The number of carbonyl (C=O) groups is 2. The Labute approximate surface area is 93.3 Å². The van der Waals surface area contributed by atoms with Gasteiger partial charge in [-0.25, -0.2) is 0 Å². The first-order valence-electron chi connectivity index (χ1n) is 4.99. The highest BCUT2D eigenvalue weighted by Crippen LogP contribution is 2.25. The van der Waals surface area contributed by atoms with E-state index in [2.05, 4.69) is 10.6 Å². The van der Waals surface area contributed by atoms with E-state index in [-0.39, 0.29) is 17.4 Å². The summed E-state index contributed by atoms with van der Waals surface area (Å²) in [6.07, 6.45) is 0. The van der Waals surface area contributed by atoms with Crippen LogP contribution in [-0.2, 0) is 9.59 Å². The molecule has 1 aromatic rings. The summed E-state index contributed by atoms with van der Waals surface area (Å²) in [6, 6.07) is 7.11. The van der Waals surface area contributed by atoms with Gasteiger partial charge in [-0.3, -0.25) is 9.59 Å². The summed E-state index contributed by atoms with van der Waals surface area (Å²) in [7, 11) is 0. The number of amides is 2. The highest BCUT2D eigenvalue weighted by Gasteiger charge is 2.24. The number of carbonyl (C=O) groups excluding carboxylic acids is 2. The predicted octanol–water partition coefficient (Wildman–Crippen LogP) is 1.91. The zero-order valence-electron chi connectivity index (χ0n) is 9.13. The molecule has 0 spiro atoms. The predicted molar refractivity (Wildman–Crippen MR) is 62.1 cm³/mol. The van der Waals surface area contributed by atoms with E-state index in [0.29, 0.717) is 16.9 Å². The van der Waals surface area contributed by atoms with Crippen molar-refractivity contribution >= 4 is 23.2 Å². The lowest BCUT2D eigenvalue weighted by atomic mass is 10.1. The Bertz CT molecular complexity index is 460. The van der Waals surface area contributed by atoms with Crippen LogP contribution < -0.4 is 10.6 Å². The molecule has 0 radical (unpaired) electrons. The smallest absolute Gasteiger partial charge is 0.261 e. The van der Waals surface area contributed by atoms with Gasteiger partial charge in [-0.15, -0.1) is 0 Å². The zero-order valence-corrected chi connectivity index (χ0v) is 9.13. The van der Waals surface area contributed by atoms with Gasteiger partial charge >= 0.3 is 0 Å². The van der Waals surface area contributed by atoms with Crippen molar-refractivity contribution in [3.8, 4) is 0 Å². The standard InChI is InChI=1S/C12H12N2O2/c1-7(2)10-11(15)13-8-5-3-4-6-9(8)14-12(10)16/h3-6H,1-2H3,(H,13,15)(H,14,16). The maximum atomic E-state index is 11.8. The van der Waals surface area contributed by atoms with E-state index in [1.165, 1.54) is 0 Å². The van der Waals surface area contributed by atoms with E-state index in [1.54, 1.807) is 38.1 Å². The van der Waals surface area contributed by atoms with Crippen LogP contribution in [0, 0.1) is 0 Å². The van der Waals surface area contributed by atoms with Crippen LogP contribution in [0.5, 0.6) is 0 Å². The van der Waals surface area contributed by atoms with Gasteiger partial charge in [-0.05, 0) is 26.0 Å². The molecule has 16 heavy (non-hydrogen) atoms. The molecule has 0 aromatic heterocycles. The molecule has 0 bridgehead atoms. The van der Waals surface area contributed by atoms with Crippen LogP contribution in [0.2, 0.25) is 0 Å². The van der Waals surface area contributed by atoms with Crippen molar-refractivity contribution in [1.82, 2.24) is 0 Å². The fourth-order valence-electron chi connectivity index (χ4n) is 1.63. The van der Waals surface area contributed by atoms with Crippen molar-refractivity contribution in [1.29, 1.82) is 0 Å². The molecule has 0 atom stereocenters. The number of rotatable bonds is 0. The number of anilines is 2. The Balaban J connectivity index is 2.52.